The Morgan fingerprint density at radius 2 is 2.05 bits per heavy atom. The lowest BCUT2D eigenvalue weighted by Gasteiger charge is -2.47. The van der Waals surface area contributed by atoms with Gasteiger partial charge in [-0.1, -0.05) is 6.92 Å². The number of tetrazole rings is 1. The van der Waals surface area contributed by atoms with E-state index in [1.807, 2.05) is 6.92 Å². The smallest absolute Gasteiger partial charge is 0.353 e. The zero-order chi connectivity index (χ0) is 27.0. The molecule has 200 valence electrons. The summed E-state index contributed by atoms with van der Waals surface area (Å²) in [5, 5.41) is 29.5. The Bertz CT molecular complexity index is 1270. The first-order valence-electron chi connectivity index (χ1n) is 12.2. The highest BCUT2D eigenvalue weighted by Crippen LogP contribution is 2.51. The van der Waals surface area contributed by atoms with E-state index in [4.69, 9.17) is 0 Å². The highest BCUT2D eigenvalue weighted by molar-refractivity contribution is 8.03. The van der Waals surface area contributed by atoms with E-state index in [9.17, 15) is 24.3 Å². The summed E-state index contributed by atoms with van der Waals surface area (Å²) in [7, 11) is 0. The fourth-order valence-corrected chi connectivity index (χ4v) is 6.80. The van der Waals surface area contributed by atoms with Crippen LogP contribution in [-0.4, -0.2) is 88.8 Å². The van der Waals surface area contributed by atoms with Crippen molar-refractivity contribution in [1.82, 2.24) is 40.7 Å². The van der Waals surface area contributed by atoms with Gasteiger partial charge in [0.1, 0.15) is 18.6 Å². The Morgan fingerprint density at radius 3 is 2.74 bits per heavy atom. The van der Waals surface area contributed by atoms with Gasteiger partial charge in [-0.3, -0.25) is 19.4 Å². The Labute approximate surface area is 221 Å². The summed E-state index contributed by atoms with van der Waals surface area (Å²) in [5.74, 6) is -2.81. The van der Waals surface area contributed by atoms with E-state index in [0.717, 1.165) is 0 Å². The zero-order valence-corrected chi connectivity index (χ0v) is 21.5. The van der Waals surface area contributed by atoms with Crippen molar-refractivity contribution >= 4 is 41.1 Å². The van der Waals surface area contributed by atoms with Crippen molar-refractivity contribution in [3.63, 3.8) is 0 Å². The van der Waals surface area contributed by atoms with Crippen LogP contribution in [0.1, 0.15) is 20.3 Å². The predicted octanol–water partition coefficient (Wildman–Crippen LogP) is -0.552. The summed E-state index contributed by atoms with van der Waals surface area (Å²) in [4.78, 5) is 56.3. The molecule has 3 amide bonds. The molecule has 15 heteroatoms. The van der Waals surface area contributed by atoms with Gasteiger partial charge in [-0.25, -0.2) is 9.48 Å². The molecule has 0 saturated carbocycles. The first kappa shape index (κ1) is 25.8. The number of nitrogens with one attached hydrogen (secondary N) is 3. The maximum Gasteiger partial charge on any atom is 0.353 e. The zero-order valence-electron chi connectivity index (χ0n) is 20.6. The summed E-state index contributed by atoms with van der Waals surface area (Å²) < 4.78 is 1.27. The van der Waals surface area contributed by atoms with E-state index >= 15 is 0 Å². The van der Waals surface area contributed by atoms with Crippen molar-refractivity contribution in [2.45, 2.75) is 50.2 Å². The third-order valence-electron chi connectivity index (χ3n) is 7.06. The summed E-state index contributed by atoms with van der Waals surface area (Å²) in [6.45, 7) is 4.07. The van der Waals surface area contributed by atoms with Gasteiger partial charge in [-0.15, -0.1) is 16.9 Å². The number of hydrogen-bond acceptors (Lipinski definition) is 10. The Kier molecular flexibility index (Phi) is 7.12. The molecule has 0 bridgehead atoms. The number of fused-ring (bicyclic) bond motifs is 1. The fourth-order valence-electron chi connectivity index (χ4n) is 5.32. The minimum atomic E-state index is -1.16. The lowest BCUT2D eigenvalue weighted by molar-refractivity contribution is -0.158. The van der Waals surface area contributed by atoms with Gasteiger partial charge in [0.2, 0.25) is 17.7 Å². The van der Waals surface area contributed by atoms with E-state index < -0.39 is 24.0 Å². The third-order valence-corrected chi connectivity index (χ3v) is 8.58. The molecule has 2 aromatic heterocycles. The van der Waals surface area contributed by atoms with Gasteiger partial charge in [0, 0.05) is 46.7 Å². The van der Waals surface area contributed by atoms with Crippen molar-refractivity contribution in [1.29, 1.82) is 0 Å². The van der Waals surface area contributed by atoms with Gasteiger partial charge in [-0.05, 0) is 35.9 Å². The molecular weight excluding hydrogens is 514 g/mol. The number of hydrogen-bond donors (Lipinski definition) is 4. The predicted molar refractivity (Wildman–Crippen MR) is 134 cm³/mol. The number of aliphatic carboxylic acids is 1. The molecule has 2 fully saturated rings. The number of carboxylic acid groups (broad SMARTS) is 1. The minimum Gasteiger partial charge on any atom is -0.477 e. The summed E-state index contributed by atoms with van der Waals surface area (Å²) in [6.07, 6.45) is 5.01. The monoisotopic (exact) mass is 541 g/mol. The number of carboxylic acids is 1. The van der Waals surface area contributed by atoms with Gasteiger partial charge in [-0.2, -0.15) is 0 Å². The molecule has 14 nitrogen and oxygen atoms in total. The van der Waals surface area contributed by atoms with Crippen LogP contribution in [0, 0.1) is 11.8 Å². The molecule has 3 aliphatic heterocycles. The Hall–Kier alpha value is -3.85. The SMILES string of the molecule is CC(NC(=O)Cn1cnnn1)[C@H]1C(=O)N2C(C(=O)O)=C(S[C@@H]3CN[C@H](C(=O)Nc4ccncc4)C3)[C@H](C)[C@H]12. The van der Waals surface area contributed by atoms with Crippen LogP contribution in [0.15, 0.2) is 41.5 Å². The van der Waals surface area contributed by atoms with Gasteiger partial charge in [0.15, 0.2) is 0 Å². The highest BCUT2D eigenvalue weighted by atomic mass is 32.2. The van der Waals surface area contributed by atoms with Crippen LogP contribution < -0.4 is 16.0 Å². The molecule has 5 heterocycles. The topological polar surface area (TPSA) is 184 Å². The van der Waals surface area contributed by atoms with E-state index in [1.165, 1.54) is 27.7 Å². The van der Waals surface area contributed by atoms with Crippen LogP contribution in [0.5, 0.6) is 0 Å². The average Bonchev–Trinajstić information content (AvgIpc) is 3.60. The molecule has 1 unspecified atom stereocenters. The van der Waals surface area contributed by atoms with Crippen molar-refractivity contribution in [2.75, 3.05) is 11.9 Å². The van der Waals surface area contributed by atoms with Crippen molar-refractivity contribution in [2.24, 2.45) is 11.8 Å². The van der Waals surface area contributed by atoms with E-state index in [-0.39, 0.29) is 47.2 Å². The number of β-lactam (4-membered cyclic amide) rings is 1. The molecule has 2 saturated heterocycles. The number of thioether (sulfide) groups is 1. The molecule has 38 heavy (non-hydrogen) atoms. The lowest BCUT2D eigenvalue weighted by atomic mass is 9.78. The van der Waals surface area contributed by atoms with Crippen LogP contribution in [0.2, 0.25) is 0 Å². The van der Waals surface area contributed by atoms with Crippen LogP contribution >= 0.6 is 11.8 Å². The number of pyridine rings is 1. The molecule has 4 N–H and O–H groups in total. The van der Waals surface area contributed by atoms with Crippen LogP contribution in [-0.2, 0) is 25.7 Å². The largest absolute Gasteiger partial charge is 0.477 e. The highest BCUT2D eigenvalue weighted by Gasteiger charge is 2.60. The maximum atomic E-state index is 13.1. The molecule has 0 radical (unpaired) electrons. The maximum absolute atomic E-state index is 13.1. The number of carbonyl (C=O) groups is 4. The number of amides is 3. The van der Waals surface area contributed by atoms with Gasteiger partial charge in [0.25, 0.3) is 0 Å². The normalized spacial score (nSPS) is 27.1. The Morgan fingerprint density at radius 1 is 1.29 bits per heavy atom. The first-order chi connectivity index (χ1) is 18.2. The second kappa shape index (κ2) is 10.5. The van der Waals surface area contributed by atoms with Crippen molar-refractivity contribution in [3.05, 3.63) is 41.5 Å². The van der Waals surface area contributed by atoms with Crippen molar-refractivity contribution < 1.29 is 24.3 Å². The molecule has 2 aromatic rings. The van der Waals surface area contributed by atoms with E-state index in [0.29, 0.717) is 23.6 Å². The summed E-state index contributed by atoms with van der Waals surface area (Å²) in [5.41, 5.74) is 0.641. The van der Waals surface area contributed by atoms with E-state index in [2.05, 4.69) is 36.5 Å². The number of anilines is 1. The van der Waals surface area contributed by atoms with Gasteiger partial charge < -0.3 is 26.0 Å². The molecule has 0 aromatic carbocycles. The summed E-state index contributed by atoms with van der Waals surface area (Å²) >= 11 is 1.41. The fraction of sp³-hybridized carbons (Fsp3) is 0.478. The summed E-state index contributed by atoms with van der Waals surface area (Å²) in [6, 6.07) is 2.10. The number of aromatic nitrogens is 5. The minimum absolute atomic E-state index is 0.00865. The van der Waals surface area contributed by atoms with Gasteiger partial charge >= 0.3 is 5.97 Å². The first-order valence-corrected chi connectivity index (χ1v) is 13.0. The standard InChI is InChI=1S/C23H27N9O5S/c1-11-18-17(12(2)27-16(33)9-31-10-26-29-30-31)22(35)32(18)19(23(36)37)20(11)38-14-7-15(25-8-14)21(34)28-13-3-5-24-6-4-13/h3-6,10-12,14-15,17-18,25H,7-9H2,1-2H3,(H,27,33)(H,36,37)(H,24,28,34)/t11-,12?,14+,15+,17-,18-/m1/s1. The quantitative estimate of drug-likeness (QED) is 0.299. The third kappa shape index (κ3) is 4.86. The molecular formula is C23H27N9O5S. The number of nitrogens with zero attached hydrogens (tertiary/aromatic N) is 6. The number of rotatable bonds is 9. The average molecular weight is 542 g/mol. The lowest BCUT2D eigenvalue weighted by Crippen LogP contribution is -2.66. The second-order valence-corrected chi connectivity index (χ2v) is 10.9. The molecule has 6 atom stereocenters. The molecule has 5 rings (SSSR count). The Balaban J connectivity index is 1.23. The number of carbonyl (C=O) groups excluding carboxylic acids is 3. The van der Waals surface area contributed by atoms with Crippen LogP contribution in [0.4, 0.5) is 5.69 Å². The van der Waals surface area contributed by atoms with E-state index in [1.54, 1.807) is 31.5 Å². The van der Waals surface area contributed by atoms with Crippen LogP contribution in [0.25, 0.3) is 0 Å². The van der Waals surface area contributed by atoms with Crippen molar-refractivity contribution in [3.8, 4) is 0 Å². The van der Waals surface area contributed by atoms with Gasteiger partial charge in [0.05, 0.1) is 18.0 Å². The van der Waals surface area contributed by atoms with Crippen LogP contribution in [0.3, 0.4) is 0 Å². The molecule has 0 spiro atoms. The molecule has 3 aliphatic rings. The second-order valence-electron chi connectivity index (χ2n) is 9.56. The molecule has 0 aliphatic carbocycles.